The summed E-state index contributed by atoms with van der Waals surface area (Å²) in [6, 6.07) is 9.37. The summed E-state index contributed by atoms with van der Waals surface area (Å²) in [6.07, 6.45) is 1.43. The van der Waals surface area contributed by atoms with Crippen LogP contribution in [0.2, 0.25) is 0 Å². The number of ether oxygens (including phenoxy) is 1. The van der Waals surface area contributed by atoms with Gasteiger partial charge in [-0.2, -0.15) is 0 Å². The van der Waals surface area contributed by atoms with Crippen LogP contribution in [0.25, 0.3) is 6.08 Å². The van der Waals surface area contributed by atoms with Crippen LogP contribution >= 0.6 is 0 Å². The number of aryl methyl sites for hydroxylation is 1. The Morgan fingerprint density at radius 1 is 1.23 bits per heavy atom. The van der Waals surface area contributed by atoms with E-state index in [-0.39, 0.29) is 22.8 Å². The van der Waals surface area contributed by atoms with E-state index in [1.165, 1.54) is 24.3 Å². The van der Waals surface area contributed by atoms with Gasteiger partial charge in [0.1, 0.15) is 17.1 Å². The Morgan fingerprint density at radius 3 is 2.68 bits per heavy atom. The number of hydrogen-bond acceptors (Lipinski definition) is 6. The van der Waals surface area contributed by atoms with Gasteiger partial charge in [0.2, 0.25) is 5.90 Å². The highest BCUT2D eigenvalue weighted by Crippen LogP contribution is 2.25. The Hall–Kier alpha value is -3.22. The van der Waals surface area contributed by atoms with E-state index < -0.39 is 10.9 Å². The van der Waals surface area contributed by atoms with Crippen molar-refractivity contribution in [3.8, 4) is 0 Å². The van der Waals surface area contributed by atoms with Crippen molar-refractivity contribution >= 4 is 23.6 Å². The summed E-state index contributed by atoms with van der Waals surface area (Å²) >= 11 is 0. The Kier molecular flexibility index (Phi) is 3.30. The highest BCUT2D eigenvalue weighted by Gasteiger charge is 2.29. The molecule has 110 valence electrons. The van der Waals surface area contributed by atoms with E-state index in [0.717, 1.165) is 0 Å². The molecule has 22 heavy (non-hydrogen) atoms. The molecule has 1 aromatic carbocycles. The zero-order chi connectivity index (χ0) is 15.7. The van der Waals surface area contributed by atoms with E-state index in [2.05, 4.69) is 4.99 Å². The molecule has 2 aromatic rings. The number of benzene rings is 1. The number of carbonyl (C=O) groups excluding carboxylic acids is 1. The minimum atomic E-state index is -0.679. The van der Waals surface area contributed by atoms with Crippen LogP contribution in [-0.4, -0.2) is 16.8 Å². The third-order valence-electron chi connectivity index (χ3n) is 2.99. The lowest BCUT2D eigenvalue weighted by Gasteiger charge is -2.00. The van der Waals surface area contributed by atoms with Crippen molar-refractivity contribution in [2.45, 2.75) is 6.92 Å². The maximum absolute atomic E-state index is 11.8. The van der Waals surface area contributed by atoms with Crippen molar-refractivity contribution in [1.29, 1.82) is 0 Å². The first-order valence-corrected chi connectivity index (χ1v) is 6.37. The highest BCUT2D eigenvalue weighted by molar-refractivity contribution is 6.14. The second-order valence-corrected chi connectivity index (χ2v) is 4.56. The number of carbonyl (C=O) groups is 1. The maximum Gasteiger partial charge on any atom is 0.363 e. The van der Waals surface area contributed by atoms with Gasteiger partial charge in [0.15, 0.2) is 5.70 Å². The topological polar surface area (TPSA) is 94.9 Å². The number of nitrogens with zero attached hydrogens (tertiary/aromatic N) is 2. The predicted molar refractivity (Wildman–Crippen MR) is 77.1 cm³/mol. The Balaban J connectivity index is 2.00. The van der Waals surface area contributed by atoms with Crippen molar-refractivity contribution in [2.24, 2.45) is 4.99 Å². The first kappa shape index (κ1) is 13.7. The molecule has 2 heterocycles. The molecule has 0 fully saturated rings. The molecule has 0 amide bonds. The summed E-state index contributed by atoms with van der Waals surface area (Å²) in [5, 5.41) is 11.0. The summed E-state index contributed by atoms with van der Waals surface area (Å²) in [4.78, 5) is 26.3. The summed E-state index contributed by atoms with van der Waals surface area (Å²) in [7, 11) is 0. The van der Waals surface area contributed by atoms with Gasteiger partial charge in [-0.3, -0.25) is 10.1 Å². The smallest absolute Gasteiger partial charge is 0.363 e. The molecule has 1 aliphatic heterocycles. The van der Waals surface area contributed by atoms with Gasteiger partial charge in [-0.05, 0) is 25.1 Å². The average molecular weight is 298 g/mol. The summed E-state index contributed by atoms with van der Waals surface area (Å²) in [5.41, 5.74) is 0.00604. The zero-order valence-electron chi connectivity index (χ0n) is 11.5. The highest BCUT2D eigenvalue weighted by atomic mass is 16.6. The molecule has 0 spiro atoms. The third kappa shape index (κ3) is 2.51. The number of rotatable bonds is 3. The fourth-order valence-electron chi connectivity index (χ4n) is 2.00. The van der Waals surface area contributed by atoms with Crippen LogP contribution in [-0.2, 0) is 9.53 Å². The average Bonchev–Trinajstić information content (AvgIpc) is 3.06. The van der Waals surface area contributed by atoms with Crippen molar-refractivity contribution in [3.63, 3.8) is 0 Å². The summed E-state index contributed by atoms with van der Waals surface area (Å²) in [6.45, 7) is 1.77. The molecule has 1 aromatic heterocycles. The lowest BCUT2D eigenvalue weighted by molar-refractivity contribution is -0.385. The minimum absolute atomic E-state index is 0.0301. The number of nitro groups is 1. The molecule has 7 heteroatoms. The molecule has 7 nitrogen and oxygen atoms in total. The fourth-order valence-corrected chi connectivity index (χ4v) is 2.00. The standard InChI is InChI=1S/C15H10N2O5/c1-9-6-7-10(21-9)8-12-15(18)22-14(16-12)11-4-2-3-5-13(11)17(19)20/h2-8H,1H3/b12-8-. The van der Waals surface area contributed by atoms with Gasteiger partial charge in [-0.25, -0.2) is 9.79 Å². The maximum atomic E-state index is 11.8. The Labute approximate surface area is 124 Å². The van der Waals surface area contributed by atoms with Crippen molar-refractivity contribution in [1.82, 2.24) is 0 Å². The minimum Gasteiger partial charge on any atom is -0.462 e. The van der Waals surface area contributed by atoms with Crippen molar-refractivity contribution in [2.75, 3.05) is 0 Å². The molecule has 3 rings (SSSR count). The lowest BCUT2D eigenvalue weighted by atomic mass is 10.2. The van der Waals surface area contributed by atoms with E-state index in [9.17, 15) is 14.9 Å². The quantitative estimate of drug-likeness (QED) is 0.376. The van der Waals surface area contributed by atoms with E-state index in [1.807, 2.05) is 0 Å². The van der Waals surface area contributed by atoms with Crippen molar-refractivity contribution < 1.29 is 18.9 Å². The van der Waals surface area contributed by atoms with E-state index in [0.29, 0.717) is 11.5 Å². The Morgan fingerprint density at radius 2 is 2.00 bits per heavy atom. The van der Waals surface area contributed by atoms with Gasteiger partial charge in [0.05, 0.1) is 4.92 Å². The number of hydrogen-bond donors (Lipinski definition) is 0. The zero-order valence-corrected chi connectivity index (χ0v) is 11.5. The molecular formula is C15H10N2O5. The molecule has 0 radical (unpaired) electrons. The van der Waals surface area contributed by atoms with Crippen LogP contribution in [0, 0.1) is 17.0 Å². The Bertz CT molecular complexity index is 832. The molecule has 0 atom stereocenters. The monoisotopic (exact) mass is 298 g/mol. The van der Waals surface area contributed by atoms with Gasteiger partial charge in [-0.1, -0.05) is 12.1 Å². The number of nitro benzene ring substituents is 1. The van der Waals surface area contributed by atoms with Crippen LogP contribution in [0.5, 0.6) is 0 Å². The first-order valence-electron chi connectivity index (χ1n) is 6.37. The van der Waals surface area contributed by atoms with Gasteiger partial charge in [-0.15, -0.1) is 0 Å². The summed E-state index contributed by atoms with van der Waals surface area (Å²) in [5.74, 6) is 0.382. The summed E-state index contributed by atoms with van der Waals surface area (Å²) < 4.78 is 10.4. The number of esters is 1. The van der Waals surface area contributed by atoms with Crippen LogP contribution < -0.4 is 0 Å². The molecule has 0 saturated heterocycles. The van der Waals surface area contributed by atoms with Gasteiger partial charge < -0.3 is 9.15 Å². The number of para-hydroxylation sites is 1. The second kappa shape index (κ2) is 5.28. The van der Waals surface area contributed by atoms with Crippen LogP contribution in [0.1, 0.15) is 17.1 Å². The first-order chi connectivity index (χ1) is 10.5. The number of furan rings is 1. The molecule has 0 saturated carbocycles. The molecular weight excluding hydrogens is 288 g/mol. The van der Waals surface area contributed by atoms with Crippen LogP contribution in [0.3, 0.4) is 0 Å². The second-order valence-electron chi connectivity index (χ2n) is 4.56. The van der Waals surface area contributed by atoms with E-state index in [1.54, 1.807) is 25.1 Å². The third-order valence-corrected chi connectivity index (χ3v) is 2.99. The van der Waals surface area contributed by atoms with Gasteiger partial charge >= 0.3 is 5.97 Å². The normalized spacial score (nSPS) is 15.8. The van der Waals surface area contributed by atoms with Crippen molar-refractivity contribution in [3.05, 3.63) is 69.3 Å². The van der Waals surface area contributed by atoms with Crippen LogP contribution in [0.4, 0.5) is 5.69 Å². The van der Waals surface area contributed by atoms with E-state index >= 15 is 0 Å². The lowest BCUT2D eigenvalue weighted by Crippen LogP contribution is -2.07. The largest absolute Gasteiger partial charge is 0.462 e. The number of aliphatic imine (C=N–C) groups is 1. The number of cyclic esters (lactones) is 1. The molecule has 0 aliphatic carbocycles. The molecule has 0 N–H and O–H groups in total. The van der Waals surface area contributed by atoms with Gasteiger partial charge in [0, 0.05) is 12.1 Å². The molecule has 0 unspecified atom stereocenters. The van der Waals surface area contributed by atoms with Crippen LogP contribution in [0.15, 0.2) is 51.5 Å². The fraction of sp³-hybridized carbons (Fsp3) is 0.0667. The van der Waals surface area contributed by atoms with E-state index in [4.69, 9.17) is 9.15 Å². The SMILES string of the molecule is Cc1ccc(/C=C2\N=C(c3ccccc3[N+](=O)[O-])OC2=O)o1. The van der Waals surface area contributed by atoms with Gasteiger partial charge in [0.25, 0.3) is 5.69 Å². The predicted octanol–water partition coefficient (Wildman–Crippen LogP) is 2.84. The molecule has 0 bridgehead atoms. The molecule has 1 aliphatic rings.